The standard InChI is InChI=1S/C26H33N5O2S/c1-18-13-21(14-19(2)24(18)31-11-9-30(5)10-12-31)22-15-23-20(16-27-25(23)28-17-22)7-8-26(3,4)29-34(6,32)33/h13-17,29H,9-12H2,1-6H3,(H,27,28). The van der Waals surface area contributed by atoms with Crippen molar-refractivity contribution in [2.75, 3.05) is 44.4 Å². The number of benzene rings is 1. The zero-order valence-corrected chi connectivity index (χ0v) is 21.6. The number of H-pyrrole nitrogens is 1. The highest BCUT2D eigenvalue weighted by molar-refractivity contribution is 7.88. The molecule has 0 amide bonds. The predicted molar refractivity (Wildman–Crippen MR) is 140 cm³/mol. The lowest BCUT2D eigenvalue weighted by Gasteiger charge is -2.36. The van der Waals surface area contributed by atoms with E-state index in [0.29, 0.717) is 0 Å². The molecule has 1 aliphatic heterocycles. The summed E-state index contributed by atoms with van der Waals surface area (Å²) in [5, 5.41) is 0.915. The van der Waals surface area contributed by atoms with E-state index in [1.807, 2.05) is 12.4 Å². The minimum absolute atomic E-state index is 0.754. The second-order valence-electron chi connectivity index (χ2n) is 9.82. The number of aryl methyl sites for hydroxylation is 2. The number of nitrogens with one attached hydrogen (secondary N) is 2. The maximum atomic E-state index is 11.6. The molecule has 0 radical (unpaired) electrons. The Hall–Kier alpha value is -2.86. The Bertz CT molecular complexity index is 1360. The van der Waals surface area contributed by atoms with Crippen molar-refractivity contribution in [1.82, 2.24) is 19.6 Å². The van der Waals surface area contributed by atoms with Crippen molar-refractivity contribution < 1.29 is 8.42 Å². The van der Waals surface area contributed by atoms with Gasteiger partial charge < -0.3 is 14.8 Å². The van der Waals surface area contributed by atoms with Crippen LogP contribution >= 0.6 is 0 Å². The van der Waals surface area contributed by atoms with Crippen molar-refractivity contribution in [2.45, 2.75) is 33.2 Å². The average molecular weight is 480 g/mol. The number of aromatic nitrogens is 2. The van der Waals surface area contributed by atoms with Gasteiger partial charge in [-0.05, 0) is 69.6 Å². The van der Waals surface area contributed by atoms with E-state index in [0.717, 1.165) is 60.2 Å². The molecule has 2 N–H and O–H groups in total. The van der Waals surface area contributed by atoms with Crippen LogP contribution in [-0.4, -0.2) is 68.3 Å². The third kappa shape index (κ3) is 5.44. The number of piperazine rings is 1. The Balaban J connectivity index is 1.67. The lowest BCUT2D eigenvalue weighted by Crippen LogP contribution is -2.45. The van der Waals surface area contributed by atoms with Gasteiger partial charge in [-0.3, -0.25) is 0 Å². The van der Waals surface area contributed by atoms with Crippen molar-refractivity contribution in [3.8, 4) is 23.0 Å². The number of hydrogen-bond acceptors (Lipinski definition) is 5. The number of nitrogens with zero attached hydrogens (tertiary/aromatic N) is 3. The van der Waals surface area contributed by atoms with Crippen LogP contribution in [-0.2, 0) is 10.0 Å². The summed E-state index contributed by atoms with van der Waals surface area (Å²) >= 11 is 0. The molecule has 1 saturated heterocycles. The summed E-state index contributed by atoms with van der Waals surface area (Å²) in [6.45, 7) is 12.1. The first kappa shape index (κ1) is 24.3. The van der Waals surface area contributed by atoms with Crippen molar-refractivity contribution in [1.29, 1.82) is 0 Å². The van der Waals surface area contributed by atoms with E-state index in [1.165, 1.54) is 16.8 Å². The molecule has 1 fully saturated rings. The summed E-state index contributed by atoms with van der Waals surface area (Å²) in [5.41, 5.74) is 6.68. The van der Waals surface area contributed by atoms with Crippen molar-refractivity contribution in [2.24, 2.45) is 0 Å². The number of hydrogen-bond donors (Lipinski definition) is 2. The van der Waals surface area contributed by atoms with Gasteiger partial charge >= 0.3 is 0 Å². The predicted octanol–water partition coefficient (Wildman–Crippen LogP) is 3.28. The molecule has 2 aromatic heterocycles. The van der Waals surface area contributed by atoms with E-state index in [-0.39, 0.29) is 0 Å². The second kappa shape index (κ2) is 9.06. The molecule has 1 aliphatic rings. The van der Waals surface area contributed by atoms with Crippen molar-refractivity contribution in [3.05, 3.63) is 47.3 Å². The Labute approximate surface area is 202 Å². The maximum Gasteiger partial charge on any atom is 0.209 e. The molecule has 4 rings (SSSR count). The third-order valence-electron chi connectivity index (χ3n) is 6.13. The van der Waals surface area contributed by atoms with Gasteiger partial charge in [0.2, 0.25) is 10.0 Å². The summed E-state index contributed by atoms with van der Waals surface area (Å²) < 4.78 is 25.8. The molecule has 3 aromatic rings. The molecular weight excluding hydrogens is 446 g/mol. The summed E-state index contributed by atoms with van der Waals surface area (Å²) in [6, 6.07) is 6.57. The van der Waals surface area contributed by atoms with E-state index >= 15 is 0 Å². The molecule has 0 atom stereocenters. The normalized spacial score (nSPS) is 15.4. The van der Waals surface area contributed by atoms with Crippen LogP contribution < -0.4 is 9.62 Å². The monoisotopic (exact) mass is 479 g/mol. The van der Waals surface area contributed by atoms with Gasteiger partial charge in [0.05, 0.1) is 17.4 Å². The van der Waals surface area contributed by atoms with Crippen molar-refractivity contribution >= 4 is 26.7 Å². The fraction of sp³-hybridized carbons (Fsp3) is 0.423. The fourth-order valence-electron chi connectivity index (χ4n) is 4.63. The molecule has 8 heteroatoms. The fourth-order valence-corrected chi connectivity index (χ4v) is 5.61. The molecule has 34 heavy (non-hydrogen) atoms. The molecule has 0 spiro atoms. The Kier molecular flexibility index (Phi) is 6.47. The highest BCUT2D eigenvalue weighted by atomic mass is 32.2. The molecule has 0 saturated carbocycles. The smallest absolute Gasteiger partial charge is 0.209 e. The molecular formula is C26H33N5O2S. The summed E-state index contributed by atoms with van der Waals surface area (Å²) in [7, 11) is -1.19. The van der Waals surface area contributed by atoms with Crippen LogP contribution in [0.25, 0.3) is 22.2 Å². The number of rotatable bonds is 4. The summed E-state index contributed by atoms with van der Waals surface area (Å²) in [5.74, 6) is 6.17. The Morgan fingerprint density at radius 1 is 1.06 bits per heavy atom. The van der Waals surface area contributed by atoms with Gasteiger partial charge in [0, 0.05) is 55.2 Å². The highest BCUT2D eigenvalue weighted by Gasteiger charge is 2.20. The molecule has 180 valence electrons. The number of pyridine rings is 1. The first-order chi connectivity index (χ1) is 15.9. The van der Waals surface area contributed by atoms with Crippen LogP contribution in [0.5, 0.6) is 0 Å². The maximum absolute atomic E-state index is 11.6. The molecule has 7 nitrogen and oxygen atoms in total. The largest absolute Gasteiger partial charge is 0.369 e. The van der Waals surface area contributed by atoms with Gasteiger partial charge in [-0.2, -0.15) is 4.72 Å². The van der Waals surface area contributed by atoms with E-state index in [2.05, 4.69) is 75.4 Å². The van der Waals surface area contributed by atoms with Crippen LogP contribution in [0.1, 0.15) is 30.5 Å². The van der Waals surface area contributed by atoms with Crippen molar-refractivity contribution in [3.63, 3.8) is 0 Å². The first-order valence-corrected chi connectivity index (χ1v) is 13.4. The second-order valence-corrected chi connectivity index (χ2v) is 11.6. The van der Waals surface area contributed by atoms with E-state index in [1.54, 1.807) is 13.8 Å². The van der Waals surface area contributed by atoms with Gasteiger partial charge in [0.1, 0.15) is 5.65 Å². The van der Waals surface area contributed by atoms with Crippen LogP contribution in [0.4, 0.5) is 5.69 Å². The molecule has 0 aliphatic carbocycles. The van der Waals surface area contributed by atoms with Gasteiger partial charge in [0.25, 0.3) is 0 Å². The zero-order valence-electron chi connectivity index (χ0n) is 20.8. The van der Waals surface area contributed by atoms with Crippen LogP contribution in [0.15, 0.2) is 30.6 Å². The minimum atomic E-state index is -3.36. The molecule has 1 aromatic carbocycles. The lowest BCUT2D eigenvalue weighted by molar-refractivity contribution is 0.312. The summed E-state index contributed by atoms with van der Waals surface area (Å²) in [4.78, 5) is 12.6. The van der Waals surface area contributed by atoms with Crippen LogP contribution in [0.3, 0.4) is 0 Å². The van der Waals surface area contributed by atoms with Crippen LogP contribution in [0.2, 0.25) is 0 Å². The van der Waals surface area contributed by atoms with E-state index in [4.69, 9.17) is 0 Å². The van der Waals surface area contributed by atoms with E-state index in [9.17, 15) is 8.42 Å². The molecule has 0 unspecified atom stereocenters. The summed E-state index contributed by atoms with van der Waals surface area (Å²) in [6.07, 6.45) is 4.84. The van der Waals surface area contributed by atoms with Gasteiger partial charge in [0.15, 0.2) is 0 Å². The molecule has 0 bridgehead atoms. The lowest BCUT2D eigenvalue weighted by atomic mass is 9.98. The average Bonchev–Trinajstić information content (AvgIpc) is 3.14. The minimum Gasteiger partial charge on any atom is -0.369 e. The van der Waals surface area contributed by atoms with Crippen LogP contribution in [0, 0.1) is 25.7 Å². The third-order valence-corrected chi connectivity index (χ3v) is 7.01. The topological polar surface area (TPSA) is 81.3 Å². The SMILES string of the molecule is Cc1cc(-c2cnc3[nH]cc(C#CC(C)(C)NS(C)(=O)=O)c3c2)cc(C)c1N1CCN(C)CC1. The van der Waals surface area contributed by atoms with Gasteiger partial charge in [-0.25, -0.2) is 13.4 Å². The Morgan fingerprint density at radius 2 is 1.71 bits per heavy atom. The Morgan fingerprint density at radius 3 is 2.32 bits per heavy atom. The first-order valence-electron chi connectivity index (χ1n) is 11.5. The highest BCUT2D eigenvalue weighted by Crippen LogP contribution is 2.32. The molecule has 3 heterocycles. The zero-order chi connectivity index (χ0) is 24.7. The van der Waals surface area contributed by atoms with Gasteiger partial charge in [-0.1, -0.05) is 11.8 Å². The van der Waals surface area contributed by atoms with Gasteiger partial charge in [-0.15, -0.1) is 0 Å². The quantitative estimate of drug-likeness (QED) is 0.562. The number of likely N-dealkylation sites (N-methyl/N-ethyl adjacent to an activating group) is 1. The number of aromatic amines is 1. The number of sulfonamides is 1. The number of fused-ring (bicyclic) bond motifs is 1. The van der Waals surface area contributed by atoms with E-state index < -0.39 is 15.6 Å². The number of anilines is 1.